The van der Waals surface area contributed by atoms with E-state index in [1.807, 2.05) is 18.2 Å². The van der Waals surface area contributed by atoms with E-state index in [2.05, 4.69) is 21.6 Å². The number of nitrogens with zero attached hydrogens (tertiary/aromatic N) is 2. The van der Waals surface area contributed by atoms with Crippen molar-refractivity contribution in [1.29, 1.82) is 0 Å². The Bertz CT molecular complexity index is 1070. The highest BCUT2D eigenvalue weighted by Gasteiger charge is 2.22. The highest BCUT2D eigenvalue weighted by atomic mass is 35.5. The van der Waals surface area contributed by atoms with Crippen molar-refractivity contribution >= 4 is 35.2 Å². The number of nitrogens with one attached hydrogen (secondary N) is 1. The van der Waals surface area contributed by atoms with Crippen LogP contribution < -0.4 is 5.32 Å². The average molecular weight is 458 g/mol. The standard InChI is InChI=1S/C22H20ClN3O4S/c23-16-10-8-15(9-11-16)21-25-26-22(30-21)31-13-20(28)29-12-19(27)24-18-7-3-5-14-4-1-2-6-17(14)18/h1-2,4,6,8-11,18H,3,5,7,12-13H2,(H,24,27). The van der Waals surface area contributed by atoms with Crippen molar-refractivity contribution in [1.82, 2.24) is 15.5 Å². The van der Waals surface area contributed by atoms with E-state index in [1.165, 1.54) is 5.56 Å². The normalized spacial score (nSPS) is 15.2. The van der Waals surface area contributed by atoms with Crippen molar-refractivity contribution in [2.75, 3.05) is 12.4 Å². The Labute approximate surface area is 188 Å². The lowest BCUT2D eigenvalue weighted by molar-refractivity contribution is -0.146. The summed E-state index contributed by atoms with van der Waals surface area (Å²) >= 11 is 6.92. The fourth-order valence-electron chi connectivity index (χ4n) is 3.43. The lowest BCUT2D eigenvalue weighted by Crippen LogP contribution is -2.34. The van der Waals surface area contributed by atoms with Gasteiger partial charge in [-0.1, -0.05) is 47.6 Å². The van der Waals surface area contributed by atoms with Crippen molar-refractivity contribution in [3.8, 4) is 11.5 Å². The van der Waals surface area contributed by atoms with Crippen LogP contribution in [0, 0.1) is 0 Å². The Morgan fingerprint density at radius 1 is 1.16 bits per heavy atom. The molecule has 0 fully saturated rings. The Morgan fingerprint density at radius 3 is 2.81 bits per heavy atom. The van der Waals surface area contributed by atoms with Gasteiger partial charge in [0.25, 0.3) is 11.1 Å². The van der Waals surface area contributed by atoms with E-state index in [4.69, 9.17) is 20.8 Å². The van der Waals surface area contributed by atoms with E-state index in [9.17, 15) is 9.59 Å². The van der Waals surface area contributed by atoms with Crippen LogP contribution in [0.3, 0.4) is 0 Å². The van der Waals surface area contributed by atoms with Crippen molar-refractivity contribution < 1.29 is 18.7 Å². The van der Waals surface area contributed by atoms with Crippen molar-refractivity contribution in [2.45, 2.75) is 30.5 Å². The monoisotopic (exact) mass is 457 g/mol. The van der Waals surface area contributed by atoms with Gasteiger partial charge >= 0.3 is 5.97 Å². The molecule has 7 nitrogen and oxygen atoms in total. The molecule has 1 amide bonds. The zero-order valence-corrected chi connectivity index (χ0v) is 18.1. The first kappa shape index (κ1) is 21.4. The Balaban J connectivity index is 1.22. The van der Waals surface area contributed by atoms with Crippen molar-refractivity contribution in [2.24, 2.45) is 0 Å². The molecule has 31 heavy (non-hydrogen) atoms. The molecule has 2 aromatic carbocycles. The molecule has 1 N–H and O–H groups in total. The fourth-order valence-corrected chi connectivity index (χ4v) is 4.11. The third-order valence-electron chi connectivity index (χ3n) is 4.88. The minimum atomic E-state index is -0.532. The third kappa shape index (κ3) is 5.65. The largest absolute Gasteiger partial charge is 0.455 e. The smallest absolute Gasteiger partial charge is 0.316 e. The highest BCUT2D eigenvalue weighted by Crippen LogP contribution is 2.29. The van der Waals surface area contributed by atoms with Crippen molar-refractivity contribution in [3.63, 3.8) is 0 Å². The molecule has 9 heteroatoms. The van der Waals surface area contributed by atoms with Crippen LogP contribution in [0.5, 0.6) is 0 Å². The molecule has 0 spiro atoms. The van der Waals surface area contributed by atoms with Gasteiger partial charge in [0.1, 0.15) is 5.75 Å². The van der Waals surface area contributed by atoms with Crippen LogP contribution in [0.15, 0.2) is 58.2 Å². The Hall–Kier alpha value is -2.84. The summed E-state index contributed by atoms with van der Waals surface area (Å²) < 4.78 is 10.6. The number of carbonyl (C=O) groups is 2. The molecule has 1 heterocycles. The summed E-state index contributed by atoms with van der Waals surface area (Å²) in [5, 5.41) is 11.7. The van der Waals surface area contributed by atoms with Crippen LogP contribution in [0.25, 0.3) is 11.5 Å². The molecule has 4 rings (SSSR count). The lowest BCUT2D eigenvalue weighted by atomic mass is 9.88. The highest BCUT2D eigenvalue weighted by molar-refractivity contribution is 7.99. The fraction of sp³-hybridized carbons (Fsp3) is 0.273. The van der Waals surface area contributed by atoms with Gasteiger partial charge in [-0.05, 0) is 54.7 Å². The van der Waals surface area contributed by atoms with Gasteiger partial charge in [0.2, 0.25) is 5.89 Å². The SMILES string of the molecule is O=C(COC(=O)CSc1nnc(-c2ccc(Cl)cc2)o1)NC1CCCc2ccccc21. The molecular formula is C22H20ClN3O4S. The van der Waals surface area contributed by atoms with Gasteiger partial charge in [-0.2, -0.15) is 0 Å². The first-order chi connectivity index (χ1) is 15.1. The first-order valence-electron chi connectivity index (χ1n) is 9.83. The number of ether oxygens (including phenoxy) is 1. The molecule has 0 saturated heterocycles. The Morgan fingerprint density at radius 2 is 1.97 bits per heavy atom. The molecule has 1 atom stereocenters. The summed E-state index contributed by atoms with van der Waals surface area (Å²) in [4.78, 5) is 24.2. The second kappa shape index (κ2) is 9.98. The number of esters is 1. The van der Waals surface area contributed by atoms with Gasteiger partial charge in [-0.15, -0.1) is 10.2 Å². The maximum absolute atomic E-state index is 12.2. The summed E-state index contributed by atoms with van der Waals surface area (Å²) in [6.07, 6.45) is 2.91. The lowest BCUT2D eigenvalue weighted by Gasteiger charge is -2.26. The van der Waals surface area contributed by atoms with Gasteiger partial charge in [0.05, 0.1) is 6.04 Å². The molecule has 0 saturated carbocycles. The molecule has 1 aliphatic rings. The van der Waals surface area contributed by atoms with E-state index in [0.29, 0.717) is 10.9 Å². The van der Waals surface area contributed by atoms with E-state index >= 15 is 0 Å². The minimum Gasteiger partial charge on any atom is -0.455 e. The molecular weight excluding hydrogens is 438 g/mol. The van der Waals surface area contributed by atoms with E-state index < -0.39 is 5.97 Å². The minimum absolute atomic E-state index is 0.0399. The van der Waals surface area contributed by atoms with Crippen molar-refractivity contribution in [3.05, 3.63) is 64.7 Å². The number of aromatic nitrogens is 2. The van der Waals surface area contributed by atoms with Gasteiger partial charge < -0.3 is 14.5 Å². The number of carbonyl (C=O) groups excluding carboxylic acids is 2. The number of hydrogen-bond donors (Lipinski definition) is 1. The van der Waals surface area contributed by atoms with E-state index in [-0.39, 0.29) is 29.5 Å². The molecule has 0 radical (unpaired) electrons. The predicted molar refractivity (Wildman–Crippen MR) is 117 cm³/mol. The second-order valence-electron chi connectivity index (χ2n) is 7.04. The summed E-state index contributed by atoms with van der Waals surface area (Å²) in [5.41, 5.74) is 3.12. The number of benzene rings is 2. The number of hydrogen-bond acceptors (Lipinski definition) is 7. The molecule has 0 aliphatic heterocycles. The van der Waals surface area contributed by atoms with Gasteiger partial charge in [-0.3, -0.25) is 9.59 Å². The maximum Gasteiger partial charge on any atom is 0.316 e. The number of amides is 1. The summed E-state index contributed by atoms with van der Waals surface area (Å²) in [7, 11) is 0. The topological polar surface area (TPSA) is 94.3 Å². The van der Waals surface area contributed by atoms with Crippen LogP contribution in [0.2, 0.25) is 5.02 Å². The van der Waals surface area contributed by atoms with Crippen LogP contribution in [0.1, 0.15) is 30.0 Å². The predicted octanol–water partition coefficient (Wildman–Crippen LogP) is 4.22. The van der Waals surface area contributed by atoms with E-state index in [1.54, 1.807) is 24.3 Å². The maximum atomic E-state index is 12.2. The second-order valence-corrected chi connectivity index (χ2v) is 8.40. The van der Waals surface area contributed by atoms with E-state index in [0.717, 1.165) is 42.2 Å². The number of fused-ring (bicyclic) bond motifs is 1. The average Bonchev–Trinajstić information content (AvgIpc) is 3.26. The summed E-state index contributed by atoms with van der Waals surface area (Å²) in [5.74, 6) is -0.556. The van der Waals surface area contributed by atoms with Crippen LogP contribution in [-0.2, 0) is 20.7 Å². The third-order valence-corrected chi connectivity index (χ3v) is 5.92. The van der Waals surface area contributed by atoms with Gasteiger partial charge in [0.15, 0.2) is 6.61 Å². The number of halogens is 1. The zero-order valence-electron chi connectivity index (χ0n) is 16.5. The van der Waals surface area contributed by atoms with Crippen LogP contribution in [0.4, 0.5) is 0 Å². The Kier molecular flexibility index (Phi) is 6.89. The molecule has 0 bridgehead atoms. The number of thioether (sulfide) groups is 1. The molecule has 1 unspecified atom stereocenters. The summed E-state index contributed by atoms with van der Waals surface area (Å²) in [6.45, 7) is -0.322. The van der Waals surface area contributed by atoms with Gasteiger partial charge in [-0.25, -0.2) is 0 Å². The number of aryl methyl sites for hydroxylation is 1. The first-order valence-corrected chi connectivity index (χ1v) is 11.2. The number of rotatable bonds is 7. The van der Waals surface area contributed by atoms with Crippen LogP contribution >= 0.6 is 23.4 Å². The van der Waals surface area contributed by atoms with Gasteiger partial charge in [0, 0.05) is 10.6 Å². The molecule has 1 aromatic heterocycles. The molecule has 160 valence electrons. The van der Waals surface area contributed by atoms with Crippen LogP contribution in [-0.4, -0.2) is 34.4 Å². The molecule has 1 aliphatic carbocycles. The quantitative estimate of drug-likeness (QED) is 0.419. The summed E-state index contributed by atoms with van der Waals surface area (Å²) in [6, 6.07) is 15.0. The molecule has 3 aromatic rings. The zero-order chi connectivity index (χ0) is 21.6.